The van der Waals surface area contributed by atoms with Gasteiger partial charge in [0.25, 0.3) is 0 Å². The number of ether oxygens (including phenoxy) is 1. The summed E-state index contributed by atoms with van der Waals surface area (Å²) < 4.78 is 4.35. The Balaban J connectivity index is 0. The van der Waals surface area contributed by atoms with E-state index >= 15 is 0 Å². The molecule has 0 amide bonds. The maximum Gasteiger partial charge on any atom is 0.305 e. The lowest BCUT2D eigenvalue weighted by molar-refractivity contribution is -0.140. The van der Waals surface area contributed by atoms with Crippen LogP contribution < -0.4 is 0 Å². The van der Waals surface area contributed by atoms with Crippen LogP contribution in [0, 0.1) is 0 Å². The molecule has 0 aliphatic carbocycles. The molecule has 0 N–H and O–H groups in total. The normalized spacial score (nSPS) is 7.25. The van der Waals surface area contributed by atoms with Crippen molar-refractivity contribution in [3.05, 3.63) is 0 Å². The fourth-order valence-electron chi connectivity index (χ4n) is 0.306. The first-order valence-electron chi connectivity index (χ1n) is 2.38. The quantitative estimate of drug-likeness (QED) is 0.531. The van der Waals surface area contributed by atoms with Crippen molar-refractivity contribution in [3.8, 4) is 0 Å². The zero-order chi connectivity index (χ0) is 5.70. The van der Waals surface area contributed by atoms with Crippen molar-refractivity contribution in [2.45, 2.75) is 19.8 Å². The van der Waals surface area contributed by atoms with Gasteiger partial charge in [-0.3, -0.25) is 4.79 Å². The topological polar surface area (TPSA) is 26.3 Å². The molecule has 0 atom stereocenters. The number of rotatable bonds is 2. The summed E-state index contributed by atoms with van der Waals surface area (Å²) in [5.74, 6) is -0.123. The standard InChI is InChI=1S/C5H10O2.H2S/c1-3-4-5(6)7-2;/h3-4H2,1-2H3;1H2. The van der Waals surface area contributed by atoms with Gasteiger partial charge in [0.05, 0.1) is 7.11 Å². The fourth-order valence-corrected chi connectivity index (χ4v) is 0.306. The average molecular weight is 136 g/mol. The summed E-state index contributed by atoms with van der Waals surface area (Å²) in [6.07, 6.45) is 1.41. The van der Waals surface area contributed by atoms with Crippen LogP contribution in [-0.4, -0.2) is 13.1 Å². The van der Waals surface area contributed by atoms with Crippen LogP contribution in [0.25, 0.3) is 0 Å². The van der Waals surface area contributed by atoms with E-state index in [1.165, 1.54) is 7.11 Å². The molecule has 0 saturated carbocycles. The lowest BCUT2D eigenvalue weighted by atomic mass is 10.3. The number of hydrogen-bond donors (Lipinski definition) is 0. The lowest BCUT2D eigenvalue weighted by Gasteiger charge is -1.91. The Morgan fingerprint density at radius 1 is 1.62 bits per heavy atom. The maximum absolute atomic E-state index is 10.2. The Morgan fingerprint density at radius 3 is 2.25 bits per heavy atom. The predicted molar refractivity (Wildman–Crippen MR) is 37.3 cm³/mol. The molecule has 0 aliphatic heterocycles. The van der Waals surface area contributed by atoms with E-state index < -0.39 is 0 Å². The van der Waals surface area contributed by atoms with Crippen LogP contribution in [0.1, 0.15) is 19.8 Å². The van der Waals surface area contributed by atoms with Crippen molar-refractivity contribution in [1.82, 2.24) is 0 Å². The minimum atomic E-state index is -0.123. The SMILES string of the molecule is CCCC(=O)OC.S. The van der Waals surface area contributed by atoms with Gasteiger partial charge in [-0.15, -0.1) is 0 Å². The van der Waals surface area contributed by atoms with Gasteiger partial charge in [-0.25, -0.2) is 0 Å². The Bertz CT molecular complexity index is 63.4. The average Bonchev–Trinajstić information content (AvgIpc) is 1.68. The van der Waals surface area contributed by atoms with Crippen LogP contribution in [0.4, 0.5) is 0 Å². The van der Waals surface area contributed by atoms with Crippen LogP contribution in [0.5, 0.6) is 0 Å². The van der Waals surface area contributed by atoms with Gasteiger partial charge in [0, 0.05) is 6.42 Å². The third-order valence-electron chi connectivity index (χ3n) is 0.682. The summed E-state index contributed by atoms with van der Waals surface area (Å²) >= 11 is 0. The van der Waals surface area contributed by atoms with E-state index in [1.807, 2.05) is 6.92 Å². The molecule has 0 fully saturated rings. The third kappa shape index (κ3) is 5.82. The molecule has 0 saturated heterocycles. The molecule has 0 heterocycles. The lowest BCUT2D eigenvalue weighted by Crippen LogP contribution is -1.97. The highest BCUT2D eigenvalue weighted by atomic mass is 32.1. The van der Waals surface area contributed by atoms with Gasteiger partial charge in [0.1, 0.15) is 0 Å². The molecule has 0 spiro atoms. The first kappa shape index (κ1) is 10.7. The molecule has 0 aromatic rings. The van der Waals surface area contributed by atoms with Crippen molar-refractivity contribution in [1.29, 1.82) is 0 Å². The van der Waals surface area contributed by atoms with E-state index in [0.717, 1.165) is 6.42 Å². The van der Waals surface area contributed by atoms with Gasteiger partial charge in [-0.2, -0.15) is 13.5 Å². The van der Waals surface area contributed by atoms with Gasteiger partial charge in [0.2, 0.25) is 0 Å². The van der Waals surface area contributed by atoms with Crippen LogP contribution >= 0.6 is 13.5 Å². The molecular weight excluding hydrogens is 124 g/mol. The Morgan fingerprint density at radius 2 is 2.12 bits per heavy atom. The Hall–Kier alpha value is -0.180. The molecule has 0 aliphatic rings. The molecule has 0 unspecified atom stereocenters. The van der Waals surface area contributed by atoms with E-state index in [-0.39, 0.29) is 19.5 Å². The highest BCUT2D eigenvalue weighted by Gasteiger charge is 1.92. The number of carbonyl (C=O) groups is 1. The molecule has 50 valence electrons. The zero-order valence-corrected chi connectivity index (χ0v) is 6.23. The van der Waals surface area contributed by atoms with Gasteiger partial charge >= 0.3 is 5.97 Å². The smallest absolute Gasteiger partial charge is 0.305 e. The molecule has 0 rings (SSSR count). The summed E-state index contributed by atoms with van der Waals surface area (Å²) in [5.41, 5.74) is 0. The monoisotopic (exact) mass is 136 g/mol. The predicted octanol–water partition coefficient (Wildman–Crippen LogP) is 1.07. The maximum atomic E-state index is 10.2. The third-order valence-corrected chi connectivity index (χ3v) is 0.682. The zero-order valence-electron chi connectivity index (χ0n) is 5.23. The molecule has 0 radical (unpaired) electrons. The minimum Gasteiger partial charge on any atom is -0.469 e. The van der Waals surface area contributed by atoms with Gasteiger partial charge < -0.3 is 4.74 Å². The summed E-state index contributed by atoms with van der Waals surface area (Å²) in [4.78, 5) is 10.2. The summed E-state index contributed by atoms with van der Waals surface area (Å²) in [6, 6.07) is 0. The first-order valence-corrected chi connectivity index (χ1v) is 2.38. The van der Waals surface area contributed by atoms with Crippen molar-refractivity contribution in [2.75, 3.05) is 7.11 Å². The van der Waals surface area contributed by atoms with Gasteiger partial charge in [-0.1, -0.05) is 6.92 Å². The summed E-state index contributed by atoms with van der Waals surface area (Å²) in [6.45, 7) is 1.94. The second kappa shape index (κ2) is 6.82. The Kier molecular flexibility index (Phi) is 9.15. The van der Waals surface area contributed by atoms with E-state index in [4.69, 9.17) is 0 Å². The minimum absolute atomic E-state index is 0. The van der Waals surface area contributed by atoms with Crippen LogP contribution in [0.3, 0.4) is 0 Å². The number of carbonyl (C=O) groups excluding carboxylic acids is 1. The van der Waals surface area contributed by atoms with E-state index in [1.54, 1.807) is 0 Å². The highest BCUT2D eigenvalue weighted by Crippen LogP contribution is 1.86. The first-order chi connectivity index (χ1) is 3.31. The number of methoxy groups -OCH3 is 1. The van der Waals surface area contributed by atoms with Gasteiger partial charge in [0.15, 0.2) is 0 Å². The van der Waals surface area contributed by atoms with Crippen molar-refractivity contribution >= 4 is 19.5 Å². The summed E-state index contributed by atoms with van der Waals surface area (Å²) in [5, 5.41) is 0. The summed E-state index contributed by atoms with van der Waals surface area (Å²) in [7, 11) is 1.40. The van der Waals surface area contributed by atoms with E-state index in [9.17, 15) is 4.79 Å². The molecule has 0 aromatic carbocycles. The van der Waals surface area contributed by atoms with Crippen LogP contribution in [-0.2, 0) is 9.53 Å². The second-order valence-corrected chi connectivity index (χ2v) is 1.33. The highest BCUT2D eigenvalue weighted by molar-refractivity contribution is 7.59. The van der Waals surface area contributed by atoms with E-state index in [2.05, 4.69) is 4.74 Å². The molecule has 8 heavy (non-hydrogen) atoms. The van der Waals surface area contributed by atoms with E-state index in [0.29, 0.717) is 6.42 Å². The van der Waals surface area contributed by atoms with Gasteiger partial charge in [-0.05, 0) is 6.42 Å². The molecule has 3 heteroatoms. The van der Waals surface area contributed by atoms with Crippen LogP contribution in [0.2, 0.25) is 0 Å². The van der Waals surface area contributed by atoms with Crippen molar-refractivity contribution < 1.29 is 9.53 Å². The Labute approximate surface area is 56.7 Å². The molecule has 0 bridgehead atoms. The second-order valence-electron chi connectivity index (χ2n) is 1.33. The molecule has 2 nitrogen and oxygen atoms in total. The fraction of sp³-hybridized carbons (Fsp3) is 0.800. The van der Waals surface area contributed by atoms with Crippen molar-refractivity contribution in [2.24, 2.45) is 0 Å². The number of esters is 1. The largest absolute Gasteiger partial charge is 0.469 e. The molecule has 0 aromatic heterocycles. The van der Waals surface area contributed by atoms with Crippen LogP contribution in [0.15, 0.2) is 0 Å². The molecular formula is C5H12O2S. The number of hydrogen-bond acceptors (Lipinski definition) is 2. The van der Waals surface area contributed by atoms with Crippen molar-refractivity contribution in [3.63, 3.8) is 0 Å².